The van der Waals surface area contributed by atoms with Crippen molar-refractivity contribution in [3.05, 3.63) is 29.3 Å². The quantitative estimate of drug-likeness (QED) is 0.883. The maximum absolute atomic E-state index is 6.12. The summed E-state index contributed by atoms with van der Waals surface area (Å²) in [7, 11) is 1.80. The van der Waals surface area contributed by atoms with Crippen LogP contribution in [0.5, 0.6) is 5.75 Å². The molecule has 2 N–H and O–H groups in total. The van der Waals surface area contributed by atoms with Gasteiger partial charge in [-0.2, -0.15) is 0 Å². The summed E-state index contributed by atoms with van der Waals surface area (Å²) >= 11 is 0. The molecule has 1 atom stereocenters. The molecule has 104 valence electrons. The van der Waals surface area contributed by atoms with Gasteiger partial charge in [-0.15, -0.1) is 0 Å². The molecule has 3 rings (SSSR count). The van der Waals surface area contributed by atoms with E-state index in [0.29, 0.717) is 11.3 Å². The summed E-state index contributed by atoms with van der Waals surface area (Å²) in [6.07, 6.45) is 9.06. The number of hydrogen-bond acceptors (Lipinski definition) is 2. The fourth-order valence-electron chi connectivity index (χ4n) is 4.51. The first kappa shape index (κ1) is 13.0. The molecule has 2 aliphatic carbocycles. The molecular weight excluding hydrogens is 234 g/mol. The van der Waals surface area contributed by atoms with Crippen LogP contribution in [0.4, 0.5) is 0 Å². The molecule has 2 heteroatoms. The highest BCUT2D eigenvalue weighted by atomic mass is 16.5. The van der Waals surface area contributed by atoms with Crippen molar-refractivity contribution in [1.29, 1.82) is 0 Å². The van der Waals surface area contributed by atoms with Crippen molar-refractivity contribution in [1.82, 2.24) is 0 Å². The van der Waals surface area contributed by atoms with Crippen molar-refractivity contribution in [2.24, 2.45) is 11.7 Å². The van der Waals surface area contributed by atoms with Gasteiger partial charge in [0.2, 0.25) is 0 Å². The molecule has 0 radical (unpaired) electrons. The van der Waals surface area contributed by atoms with E-state index in [2.05, 4.69) is 18.2 Å². The summed E-state index contributed by atoms with van der Waals surface area (Å²) in [5.41, 5.74) is 9.42. The Morgan fingerprint density at radius 1 is 1.26 bits per heavy atom. The Morgan fingerprint density at radius 3 is 2.74 bits per heavy atom. The second-order valence-corrected chi connectivity index (χ2v) is 6.18. The Hall–Kier alpha value is -1.02. The largest absolute Gasteiger partial charge is 0.496 e. The highest BCUT2D eigenvalue weighted by molar-refractivity contribution is 5.48. The Bertz CT molecular complexity index is 434. The van der Waals surface area contributed by atoms with Gasteiger partial charge in [0.15, 0.2) is 0 Å². The zero-order chi connectivity index (χ0) is 13.3. The van der Waals surface area contributed by atoms with Crippen LogP contribution in [0.2, 0.25) is 0 Å². The van der Waals surface area contributed by atoms with Gasteiger partial charge < -0.3 is 10.5 Å². The van der Waals surface area contributed by atoms with Crippen molar-refractivity contribution in [3.63, 3.8) is 0 Å². The maximum Gasteiger partial charge on any atom is 0.122 e. The van der Waals surface area contributed by atoms with E-state index in [1.54, 1.807) is 7.11 Å². The molecule has 0 amide bonds. The zero-order valence-corrected chi connectivity index (χ0v) is 12.0. The third-order valence-corrected chi connectivity index (χ3v) is 5.40. The lowest BCUT2D eigenvalue weighted by molar-refractivity contribution is 0.166. The molecule has 0 aromatic heterocycles. The first-order chi connectivity index (χ1) is 9.31. The van der Waals surface area contributed by atoms with Crippen LogP contribution in [-0.4, -0.2) is 13.7 Å². The van der Waals surface area contributed by atoms with E-state index < -0.39 is 0 Å². The molecule has 1 aromatic rings. The number of hydrogen-bond donors (Lipinski definition) is 1. The summed E-state index contributed by atoms with van der Waals surface area (Å²) in [5.74, 6) is 1.73. The van der Waals surface area contributed by atoms with E-state index >= 15 is 0 Å². The van der Waals surface area contributed by atoms with Crippen LogP contribution < -0.4 is 10.5 Å². The van der Waals surface area contributed by atoms with Crippen LogP contribution in [0.1, 0.15) is 49.7 Å². The minimum atomic E-state index is 0.299. The van der Waals surface area contributed by atoms with Gasteiger partial charge in [0.25, 0.3) is 0 Å². The predicted molar refractivity (Wildman–Crippen MR) is 78.6 cm³/mol. The van der Waals surface area contributed by atoms with Crippen molar-refractivity contribution >= 4 is 0 Å². The molecule has 0 bridgehead atoms. The average molecular weight is 259 g/mol. The minimum absolute atomic E-state index is 0.299. The van der Waals surface area contributed by atoms with E-state index in [1.165, 1.54) is 49.7 Å². The summed E-state index contributed by atoms with van der Waals surface area (Å²) in [6, 6.07) is 6.56. The molecule has 2 nitrogen and oxygen atoms in total. The molecule has 0 saturated heterocycles. The van der Waals surface area contributed by atoms with Gasteiger partial charge in [-0.25, -0.2) is 0 Å². The fourth-order valence-corrected chi connectivity index (χ4v) is 4.51. The van der Waals surface area contributed by atoms with E-state index in [1.807, 2.05) is 0 Å². The van der Waals surface area contributed by atoms with Gasteiger partial charge in [0, 0.05) is 11.0 Å². The van der Waals surface area contributed by atoms with E-state index in [-0.39, 0.29) is 0 Å². The number of methoxy groups -OCH3 is 1. The summed E-state index contributed by atoms with van der Waals surface area (Å²) in [6.45, 7) is 0.817. The lowest BCUT2D eigenvalue weighted by Gasteiger charge is -2.48. The van der Waals surface area contributed by atoms with E-state index in [4.69, 9.17) is 10.5 Å². The van der Waals surface area contributed by atoms with E-state index in [9.17, 15) is 0 Å². The maximum atomic E-state index is 6.12. The number of aryl methyl sites for hydroxylation is 1. The Kier molecular flexibility index (Phi) is 3.53. The second-order valence-electron chi connectivity index (χ2n) is 6.18. The second kappa shape index (κ2) is 5.16. The monoisotopic (exact) mass is 259 g/mol. The van der Waals surface area contributed by atoms with Gasteiger partial charge in [-0.3, -0.25) is 0 Å². The number of rotatable bonds is 2. The van der Waals surface area contributed by atoms with Crippen LogP contribution in [0.25, 0.3) is 0 Å². The summed E-state index contributed by atoms with van der Waals surface area (Å²) in [4.78, 5) is 0. The summed E-state index contributed by atoms with van der Waals surface area (Å²) < 4.78 is 5.69. The van der Waals surface area contributed by atoms with Crippen LogP contribution in [0, 0.1) is 5.92 Å². The normalized spacial score (nSPS) is 25.1. The van der Waals surface area contributed by atoms with Crippen LogP contribution in [0.3, 0.4) is 0 Å². The van der Waals surface area contributed by atoms with Crippen LogP contribution >= 0.6 is 0 Å². The van der Waals surface area contributed by atoms with Crippen molar-refractivity contribution in [2.75, 3.05) is 13.7 Å². The lowest BCUT2D eigenvalue weighted by atomic mass is 9.57. The van der Waals surface area contributed by atoms with Gasteiger partial charge >= 0.3 is 0 Å². The third kappa shape index (κ3) is 1.97. The fraction of sp³-hybridized carbons (Fsp3) is 0.647. The molecule has 0 heterocycles. The predicted octanol–water partition coefficient (Wildman–Crippen LogP) is 3.42. The molecule has 1 fully saturated rings. The smallest absolute Gasteiger partial charge is 0.122 e. The number of benzene rings is 1. The first-order valence-electron chi connectivity index (χ1n) is 7.68. The van der Waals surface area contributed by atoms with Crippen molar-refractivity contribution in [2.45, 2.75) is 50.4 Å². The molecular formula is C17H25NO. The average Bonchev–Trinajstić information content (AvgIpc) is 2.48. The first-order valence-corrected chi connectivity index (χ1v) is 7.68. The highest BCUT2D eigenvalue weighted by Gasteiger charge is 2.45. The molecule has 1 aromatic carbocycles. The van der Waals surface area contributed by atoms with Crippen molar-refractivity contribution < 1.29 is 4.74 Å². The highest BCUT2D eigenvalue weighted by Crippen LogP contribution is 2.53. The molecule has 2 aliphatic rings. The standard InChI is InChI=1S/C17H25NO/c1-19-15-7-5-6-13-8-9-14(12-18)17(16(13)15)10-3-2-4-11-17/h5-7,14H,2-4,8-12,18H2,1H3. The Balaban J connectivity index is 2.14. The van der Waals surface area contributed by atoms with Gasteiger partial charge in [-0.1, -0.05) is 31.4 Å². The van der Waals surface area contributed by atoms with Gasteiger partial charge in [0.1, 0.15) is 5.75 Å². The number of fused-ring (bicyclic) bond motifs is 2. The number of nitrogens with two attached hydrogens (primary N) is 1. The zero-order valence-electron chi connectivity index (χ0n) is 12.0. The lowest BCUT2D eigenvalue weighted by Crippen LogP contribution is -2.44. The van der Waals surface area contributed by atoms with Gasteiger partial charge in [-0.05, 0) is 49.8 Å². The molecule has 1 saturated carbocycles. The molecule has 1 spiro atoms. The van der Waals surface area contributed by atoms with Crippen LogP contribution in [0.15, 0.2) is 18.2 Å². The van der Waals surface area contributed by atoms with Crippen molar-refractivity contribution in [3.8, 4) is 5.75 Å². The van der Waals surface area contributed by atoms with Gasteiger partial charge in [0.05, 0.1) is 7.11 Å². The molecule has 19 heavy (non-hydrogen) atoms. The summed E-state index contributed by atoms with van der Waals surface area (Å²) in [5, 5.41) is 0. The minimum Gasteiger partial charge on any atom is -0.496 e. The SMILES string of the molecule is COc1cccc2c1C1(CCCCC1)C(CN)CC2. The topological polar surface area (TPSA) is 35.2 Å². The Morgan fingerprint density at radius 2 is 2.05 bits per heavy atom. The van der Waals surface area contributed by atoms with E-state index in [0.717, 1.165) is 18.7 Å². The number of ether oxygens (including phenoxy) is 1. The van der Waals surface area contributed by atoms with Crippen LogP contribution in [-0.2, 0) is 11.8 Å². The molecule has 1 unspecified atom stereocenters. The molecule has 0 aliphatic heterocycles. The third-order valence-electron chi connectivity index (χ3n) is 5.40. The Labute approximate surface area is 116 Å².